The second kappa shape index (κ2) is 23.2. The molecule has 0 aliphatic heterocycles. The number of aryl methyl sites for hydroxylation is 1. The van der Waals surface area contributed by atoms with E-state index in [0.717, 1.165) is 37.2 Å². The number of anilines is 1. The quantitative estimate of drug-likeness (QED) is 0.0392. The van der Waals surface area contributed by atoms with Crippen LogP contribution >= 0.6 is 7.77 Å². The van der Waals surface area contributed by atoms with Crippen molar-refractivity contribution < 1.29 is 24.5 Å². The maximum Gasteiger partial charge on any atom is 0.273 e. The predicted molar refractivity (Wildman–Crippen MR) is 174 cm³/mol. The normalized spacial score (nSPS) is 12.5. The molecule has 1 atom stereocenters. The Labute approximate surface area is 253 Å². The second-order valence-electron chi connectivity index (χ2n) is 12.8. The highest BCUT2D eigenvalue weighted by Gasteiger charge is 2.17. The van der Waals surface area contributed by atoms with Gasteiger partial charge in [-0.3, -0.25) is 10.0 Å². The van der Waals surface area contributed by atoms with Crippen LogP contribution in [0.4, 0.5) is 5.69 Å². The highest BCUT2D eigenvalue weighted by atomic mass is 31.1. The van der Waals surface area contributed by atoms with E-state index in [-0.39, 0.29) is 11.4 Å². The summed E-state index contributed by atoms with van der Waals surface area (Å²) in [5, 5.41) is 20.8. The lowest BCUT2D eigenvalue weighted by atomic mass is 10.0. The van der Waals surface area contributed by atoms with E-state index in [2.05, 4.69) is 0 Å². The molecule has 0 aromatic heterocycles. The smallest absolute Gasteiger partial charge is 0.273 e. The van der Waals surface area contributed by atoms with Crippen molar-refractivity contribution in [1.29, 1.82) is 0 Å². The zero-order valence-electron chi connectivity index (χ0n) is 26.9. The molecular weight excluding hydrogens is 531 g/mol. The molecule has 0 aliphatic carbocycles. The van der Waals surface area contributed by atoms with Crippen molar-refractivity contribution in [2.24, 2.45) is 0 Å². The molecule has 1 aromatic carbocycles. The highest BCUT2D eigenvalue weighted by molar-refractivity contribution is 7.51. The van der Waals surface area contributed by atoms with E-state index in [1.54, 1.807) is 0 Å². The molecule has 0 fully saturated rings. The Kier molecular flexibility index (Phi) is 21.3. The highest BCUT2D eigenvalue weighted by Crippen LogP contribution is 2.20. The molecule has 1 rings (SSSR count). The van der Waals surface area contributed by atoms with Gasteiger partial charge in [0.15, 0.2) is 6.54 Å². The van der Waals surface area contributed by atoms with Crippen LogP contribution in [0.3, 0.4) is 0 Å². The summed E-state index contributed by atoms with van der Waals surface area (Å²) in [4.78, 5) is 24.1. The topological polar surface area (TPSA) is 83.8 Å². The number of hydroxylamine groups is 1. The van der Waals surface area contributed by atoms with E-state index in [0.29, 0.717) is 29.3 Å². The number of aliphatic hydroxyl groups is 1. The van der Waals surface area contributed by atoms with Crippen LogP contribution in [0.25, 0.3) is 0 Å². The number of hydrogen-bond acceptors (Lipinski definition) is 3. The standard InChI is InChI=1S/C34H61N2O4P/c1-5-6-24-33(37)35(39)32-27-25-31(26-28-32)23-21-19-17-15-13-11-9-7-8-10-12-14-16-18-20-22-29-41(40)34(38)30-36(2,3)4/h25-28,39H,5-24,29-30H2,1-4H3/p+1. The lowest BCUT2D eigenvalue weighted by Gasteiger charge is -2.22. The third-order valence-corrected chi connectivity index (χ3v) is 9.08. The minimum atomic E-state index is -1.57. The minimum Gasteiger partial charge on any atom is -0.629 e. The van der Waals surface area contributed by atoms with Crippen LogP contribution < -0.4 is 9.96 Å². The summed E-state index contributed by atoms with van der Waals surface area (Å²) in [7, 11) is 4.43. The molecule has 7 heteroatoms. The molecule has 1 aromatic rings. The first-order valence-electron chi connectivity index (χ1n) is 16.5. The van der Waals surface area contributed by atoms with Gasteiger partial charge in [-0.15, -0.1) is 0 Å². The Morgan fingerprint density at radius 1 is 0.756 bits per heavy atom. The number of amides is 1. The number of benzene rings is 1. The SMILES string of the molecule is CCCCC(=O)N(O)c1ccc(CCCCCCCCCCCCCCCCCC[P+]([O-])=C(O)C[N+](C)(C)C)cc1. The summed E-state index contributed by atoms with van der Waals surface area (Å²) in [6.45, 7) is 2.51. The van der Waals surface area contributed by atoms with Gasteiger partial charge in [0.1, 0.15) is 6.16 Å². The number of likely N-dealkylation sites (N-methyl/N-ethyl adjacent to an activating group) is 1. The largest absolute Gasteiger partial charge is 0.629 e. The van der Waals surface area contributed by atoms with Crippen molar-refractivity contribution in [1.82, 2.24) is 0 Å². The van der Waals surface area contributed by atoms with E-state index in [1.807, 2.05) is 52.3 Å². The molecule has 0 saturated carbocycles. The molecule has 0 heterocycles. The molecule has 6 nitrogen and oxygen atoms in total. The van der Waals surface area contributed by atoms with Crippen molar-refractivity contribution in [2.45, 2.75) is 135 Å². The number of quaternary nitrogens is 1. The second-order valence-corrected chi connectivity index (χ2v) is 14.6. The third kappa shape index (κ3) is 20.3. The Hall–Kier alpha value is -1.30. The van der Waals surface area contributed by atoms with Gasteiger partial charge in [-0.25, -0.2) is 0 Å². The molecule has 41 heavy (non-hydrogen) atoms. The minimum absolute atomic E-state index is 0.178. The van der Waals surface area contributed by atoms with E-state index in [1.165, 1.54) is 95.5 Å². The fraction of sp³-hybridized carbons (Fsp3) is 0.765. The molecule has 1 unspecified atom stereocenters. The summed E-state index contributed by atoms with van der Waals surface area (Å²) in [6, 6.07) is 7.74. The maximum atomic E-state index is 12.1. The summed E-state index contributed by atoms with van der Waals surface area (Å²) in [5.74, 6) is -0.237. The first-order valence-corrected chi connectivity index (χ1v) is 18.0. The van der Waals surface area contributed by atoms with Crippen LogP contribution in [-0.4, -0.2) is 60.0 Å². The Morgan fingerprint density at radius 2 is 1.20 bits per heavy atom. The molecule has 0 aliphatic rings. The molecule has 1 amide bonds. The lowest BCUT2D eigenvalue weighted by Crippen LogP contribution is -2.39. The summed E-state index contributed by atoms with van der Waals surface area (Å²) in [6.07, 6.45) is 24.3. The number of hydrogen-bond donors (Lipinski definition) is 2. The van der Waals surface area contributed by atoms with Gasteiger partial charge >= 0.3 is 0 Å². The Morgan fingerprint density at radius 3 is 1.63 bits per heavy atom. The van der Waals surface area contributed by atoms with Crippen LogP contribution in [-0.2, 0) is 11.2 Å². The number of unbranched alkanes of at least 4 members (excludes halogenated alkanes) is 16. The molecule has 0 radical (unpaired) electrons. The van der Waals surface area contributed by atoms with Crippen LogP contribution in [0.1, 0.15) is 134 Å². The van der Waals surface area contributed by atoms with Crippen LogP contribution in [0.15, 0.2) is 24.3 Å². The van der Waals surface area contributed by atoms with Crippen LogP contribution in [0.2, 0.25) is 0 Å². The first kappa shape index (κ1) is 37.7. The summed E-state index contributed by atoms with van der Waals surface area (Å²) < 4.78 is 0.614. The number of rotatable bonds is 25. The maximum absolute atomic E-state index is 12.1. The zero-order valence-corrected chi connectivity index (χ0v) is 27.8. The van der Waals surface area contributed by atoms with Crippen molar-refractivity contribution in [3.05, 3.63) is 29.8 Å². The van der Waals surface area contributed by atoms with Gasteiger partial charge in [-0.2, -0.15) is 5.06 Å². The monoisotopic (exact) mass is 593 g/mol. The van der Waals surface area contributed by atoms with Gasteiger partial charge in [0.05, 0.1) is 34.6 Å². The molecule has 0 saturated heterocycles. The fourth-order valence-electron chi connectivity index (χ4n) is 5.07. The summed E-state index contributed by atoms with van der Waals surface area (Å²) >= 11 is 0. The van der Waals surface area contributed by atoms with Crippen molar-refractivity contribution in [3.8, 4) is 0 Å². The van der Waals surface area contributed by atoms with Crippen LogP contribution in [0, 0.1) is 0 Å². The number of nitrogens with zero attached hydrogens (tertiary/aromatic N) is 2. The molecule has 0 bridgehead atoms. The molecular formula is C34H62N2O4P+. The predicted octanol–water partition coefficient (Wildman–Crippen LogP) is 8.35. The van der Waals surface area contributed by atoms with Crippen molar-refractivity contribution >= 4 is 24.8 Å². The van der Waals surface area contributed by atoms with Crippen molar-refractivity contribution in [2.75, 3.05) is 38.9 Å². The van der Waals surface area contributed by atoms with E-state index in [9.17, 15) is 20.0 Å². The summed E-state index contributed by atoms with van der Waals surface area (Å²) in [5.41, 5.74) is 2.00. The van der Waals surface area contributed by atoms with E-state index >= 15 is 0 Å². The lowest BCUT2D eigenvalue weighted by molar-refractivity contribution is -0.861. The Balaban J connectivity index is 1.89. The van der Waals surface area contributed by atoms with Crippen LogP contribution in [0.5, 0.6) is 0 Å². The zero-order chi connectivity index (χ0) is 30.3. The molecule has 2 N–H and O–H groups in total. The number of carbonyl (C=O) groups excluding carboxylic acids is 1. The number of aliphatic hydroxyl groups excluding tert-OH is 1. The van der Waals surface area contributed by atoms with E-state index in [4.69, 9.17) is 0 Å². The first-order chi connectivity index (χ1) is 19.6. The Bertz CT molecular complexity index is 836. The third-order valence-electron chi connectivity index (χ3n) is 7.64. The van der Waals surface area contributed by atoms with Gasteiger partial charge in [0.25, 0.3) is 11.4 Å². The van der Waals surface area contributed by atoms with E-state index < -0.39 is 7.77 Å². The van der Waals surface area contributed by atoms with Gasteiger partial charge in [-0.1, -0.05) is 109 Å². The average Bonchev–Trinajstić information content (AvgIpc) is 2.94. The molecule has 0 spiro atoms. The van der Waals surface area contributed by atoms with Gasteiger partial charge in [-0.05, 0) is 49.8 Å². The van der Waals surface area contributed by atoms with Gasteiger partial charge < -0.3 is 14.5 Å². The van der Waals surface area contributed by atoms with Gasteiger partial charge in [0.2, 0.25) is 0 Å². The average molecular weight is 594 g/mol. The van der Waals surface area contributed by atoms with Crippen molar-refractivity contribution in [3.63, 3.8) is 0 Å². The molecule has 236 valence electrons. The fourth-order valence-corrected chi connectivity index (χ4v) is 6.42. The van der Waals surface area contributed by atoms with Gasteiger partial charge in [0, 0.05) is 6.42 Å². The number of carbonyl (C=O) groups is 1.